The van der Waals surface area contributed by atoms with E-state index in [0.29, 0.717) is 23.6 Å². The van der Waals surface area contributed by atoms with Gasteiger partial charge in [-0.25, -0.2) is 9.50 Å². The van der Waals surface area contributed by atoms with E-state index >= 15 is 0 Å². The molecular formula is C16H17ClN4. The number of benzene rings is 1. The molecule has 0 unspecified atom stereocenters. The predicted octanol–water partition coefficient (Wildman–Crippen LogP) is 4.12. The molecule has 0 aliphatic rings. The second-order valence-corrected chi connectivity index (χ2v) is 5.68. The molecule has 0 fully saturated rings. The van der Waals surface area contributed by atoms with E-state index in [1.54, 1.807) is 0 Å². The summed E-state index contributed by atoms with van der Waals surface area (Å²) in [6.45, 7) is 4.96. The SMILES string of the molecule is CC(C)c1cnn2c(NCc3ccccc3)nc(Cl)cc12. The molecule has 0 saturated heterocycles. The standard InChI is InChI=1S/C16H17ClN4/c1-11(2)13-10-19-21-14(13)8-15(17)20-16(21)18-9-12-6-4-3-5-7-12/h3-8,10-11H,9H2,1-2H3,(H,18,20). The van der Waals surface area contributed by atoms with Crippen LogP contribution >= 0.6 is 11.6 Å². The summed E-state index contributed by atoms with van der Waals surface area (Å²) in [6.07, 6.45) is 1.88. The first-order valence-corrected chi connectivity index (χ1v) is 7.35. The largest absolute Gasteiger partial charge is 0.350 e. The van der Waals surface area contributed by atoms with Crippen LogP contribution in [0.3, 0.4) is 0 Å². The van der Waals surface area contributed by atoms with Gasteiger partial charge in [0, 0.05) is 18.2 Å². The van der Waals surface area contributed by atoms with Gasteiger partial charge in [-0.3, -0.25) is 0 Å². The molecule has 5 heteroatoms. The number of nitrogens with zero attached hydrogens (tertiary/aromatic N) is 3. The fourth-order valence-corrected chi connectivity index (χ4v) is 2.50. The van der Waals surface area contributed by atoms with E-state index < -0.39 is 0 Å². The first-order valence-electron chi connectivity index (χ1n) is 6.97. The molecule has 3 aromatic rings. The fourth-order valence-electron chi connectivity index (χ4n) is 2.31. The molecular weight excluding hydrogens is 284 g/mol. The van der Waals surface area contributed by atoms with E-state index in [0.717, 1.165) is 5.52 Å². The first-order chi connectivity index (χ1) is 10.1. The summed E-state index contributed by atoms with van der Waals surface area (Å²) in [7, 11) is 0. The first kappa shape index (κ1) is 13.9. The summed E-state index contributed by atoms with van der Waals surface area (Å²) < 4.78 is 1.81. The molecule has 1 aromatic carbocycles. The van der Waals surface area contributed by atoms with Crippen molar-refractivity contribution >= 4 is 23.1 Å². The second-order valence-electron chi connectivity index (χ2n) is 5.29. The van der Waals surface area contributed by atoms with Crippen LogP contribution < -0.4 is 5.32 Å². The minimum Gasteiger partial charge on any atom is -0.350 e. The number of hydrogen-bond acceptors (Lipinski definition) is 3. The van der Waals surface area contributed by atoms with E-state index in [4.69, 9.17) is 11.6 Å². The molecule has 0 spiro atoms. The lowest BCUT2D eigenvalue weighted by molar-refractivity contribution is 0.875. The lowest BCUT2D eigenvalue weighted by atomic mass is 10.1. The average Bonchev–Trinajstić information content (AvgIpc) is 2.89. The maximum Gasteiger partial charge on any atom is 0.226 e. The molecule has 0 bridgehead atoms. The van der Waals surface area contributed by atoms with Crippen molar-refractivity contribution < 1.29 is 0 Å². The monoisotopic (exact) mass is 300 g/mol. The van der Waals surface area contributed by atoms with Crippen LogP contribution in [0, 0.1) is 0 Å². The minimum atomic E-state index is 0.392. The molecule has 0 atom stereocenters. The molecule has 0 aliphatic heterocycles. The van der Waals surface area contributed by atoms with E-state index in [9.17, 15) is 0 Å². The van der Waals surface area contributed by atoms with Crippen LogP contribution in [-0.2, 0) is 6.54 Å². The van der Waals surface area contributed by atoms with Gasteiger partial charge >= 0.3 is 0 Å². The number of fused-ring (bicyclic) bond motifs is 1. The van der Waals surface area contributed by atoms with Gasteiger partial charge in [-0.05, 0) is 11.5 Å². The molecule has 3 rings (SSSR count). The number of anilines is 1. The van der Waals surface area contributed by atoms with E-state index in [1.807, 2.05) is 35.0 Å². The Morgan fingerprint density at radius 1 is 1.24 bits per heavy atom. The van der Waals surface area contributed by atoms with E-state index in [2.05, 4.69) is 41.4 Å². The Kier molecular flexibility index (Phi) is 3.80. The Hall–Kier alpha value is -2.07. The van der Waals surface area contributed by atoms with Crippen LogP contribution in [0.4, 0.5) is 5.95 Å². The maximum absolute atomic E-state index is 6.15. The van der Waals surface area contributed by atoms with Gasteiger partial charge in [0.05, 0.1) is 11.7 Å². The van der Waals surface area contributed by atoms with Crippen LogP contribution in [0.2, 0.25) is 5.15 Å². The van der Waals surface area contributed by atoms with Crippen LogP contribution in [0.15, 0.2) is 42.6 Å². The third-order valence-corrected chi connectivity index (χ3v) is 3.61. The number of nitrogens with one attached hydrogen (secondary N) is 1. The summed E-state index contributed by atoms with van der Waals surface area (Å²) in [5.74, 6) is 1.05. The van der Waals surface area contributed by atoms with Gasteiger partial charge in [0.15, 0.2) is 0 Å². The molecule has 0 amide bonds. The molecule has 0 aliphatic carbocycles. The molecule has 4 nitrogen and oxygen atoms in total. The Bertz CT molecular complexity index is 750. The van der Waals surface area contributed by atoms with Crippen molar-refractivity contribution in [1.29, 1.82) is 0 Å². The van der Waals surface area contributed by atoms with Crippen molar-refractivity contribution in [2.24, 2.45) is 0 Å². The Morgan fingerprint density at radius 2 is 2.00 bits per heavy atom. The zero-order chi connectivity index (χ0) is 14.8. The van der Waals surface area contributed by atoms with Crippen molar-refractivity contribution in [3.63, 3.8) is 0 Å². The van der Waals surface area contributed by atoms with Crippen LogP contribution in [0.5, 0.6) is 0 Å². The topological polar surface area (TPSA) is 42.2 Å². The van der Waals surface area contributed by atoms with Crippen LogP contribution in [0.1, 0.15) is 30.9 Å². The maximum atomic E-state index is 6.15. The summed E-state index contributed by atoms with van der Waals surface area (Å²) in [5.41, 5.74) is 3.35. The number of aromatic nitrogens is 3. The smallest absolute Gasteiger partial charge is 0.226 e. The minimum absolute atomic E-state index is 0.392. The van der Waals surface area contributed by atoms with Gasteiger partial charge in [-0.1, -0.05) is 55.8 Å². The van der Waals surface area contributed by atoms with Crippen molar-refractivity contribution in [3.8, 4) is 0 Å². The van der Waals surface area contributed by atoms with Crippen molar-refractivity contribution in [2.75, 3.05) is 5.32 Å². The van der Waals surface area contributed by atoms with Gasteiger partial charge < -0.3 is 5.32 Å². The summed E-state index contributed by atoms with van der Waals surface area (Å²) in [6, 6.07) is 12.0. The lowest BCUT2D eigenvalue weighted by Gasteiger charge is -2.09. The predicted molar refractivity (Wildman–Crippen MR) is 85.9 cm³/mol. The molecule has 108 valence electrons. The quantitative estimate of drug-likeness (QED) is 0.737. The van der Waals surface area contributed by atoms with Crippen LogP contribution in [0.25, 0.3) is 5.52 Å². The molecule has 21 heavy (non-hydrogen) atoms. The highest BCUT2D eigenvalue weighted by atomic mass is 35.5. The van der Waals surface area contributed by atoms with Crippen molar-refractivity contribution in [1.82, 2.24) is 14.6 Å². The molecule has 2 aromatic heterocycles. The van der Waals surface area contributed by atoms with Gasteiger partial charge in [0.2, 0.25) is 5.95 Å². The molecule has 1 N–H and O–H groups in total. The summed E-state index contributed by atoms with van der Waals surface area (Å²) in [4.78, 5) is 4.34. The van der Waals surface area contributed by atoms with Gasteiger partial charge in [0.1, 0.15) is 5.15 Å². The third-order valence-electron chi connectivity index (χ3n) is 3.42. The number of rotatable bonds is 4. The van der Waals surface area contributed by atoms with Gasteiger partial charge in [0.25, 0.3) is 0 Å². The van der Waals surface area contributed by atoms with E-state index in [1.165, 1.54) is 11.1 Å². The van der Waals surface area contributed by atoms with E-state index in [-0.39, 0.29) is 0 Å². The third kappa shape index (κ3) is 2.85. The molecule has 0 radical (unpaired) electrons. The number of hydrogen-bond donors (Lipinski definition) is 1. The Morgan fingerprint density at radius 3 is 2.71 bits per heavy atom. The average molecular weight is 301 g/mol. The lowest BCUT2D eigenvalue weighted by Crippen LogP contribution is -2.07. The second kappa shape index (κ2) is 5.74. The Balaban J connectivity index is 1.95. The van der Waals surface area contributed by atoms with Gasteiger partial charge in [-0.15, -0.1) is 0 Å². The fraction of sp³-hybridized carbons (Fsp3) is 0.250. The van der Waals surface area contributed by atoms with Crippen molar-refractivity contribution in [2.45, 2.75) is 26.3 Å². The highest BCUT2D eigenvalue weighted by molar-refractivity contribution is 6.29. The van der Waals surface area contributed by atoms with Gasteiger partial charge in [-0.2, -0.15) is 5.10 Å². The zero-order valence-electron chi connectivity index (χ0n) is 12.0. The molecule has 2 heterocycles. The van der Waals surface area contributed by atoms with Crippen molar-refractivity contribution in [3.05, 3.63) is 58.9 Å². The number of halogens is 1. The molecule has 0 saturated carbocycles. The zero-order valence-corrected chi connectivity index (χ0v) is 12.8. The normalized spacial score (nSPS) is 11.2. The van der Waals surface area contributed by atoms with Crippen LogP contribution in [-0.4, -0.2) is 14.6 Å². The highest BCUT2D eigenvalue weighted by Crippen LogP contribution is 2.24. The Labute approximate surface area is 128 Å². The summed E-state index contributed by atoms with van der Waals surface area (Å²) in [5, 5.41) is 8.20. The summed E-state index contributed by atoms with van der Waals surface area (Å²) >= 11 is 6.15. The highest BCUT2D eigenvalue weighted by Gasteiger charge is 2.12.